The van der Waals surface area contributed by atoms with Crippen LogP contribution in [-0.4, -0.2) is 50.1 Å². The van der Waals surface area contributed by atoms with Crippen LogP contribution in [-0.2, 0) is 18.4 Å². The first-order chi connectivity index (χ1) is 11.0. The minimum Gasteiger partial charge on any atom is -0.481 e. The van der Waals surface area contributed by atoms with Crippen LogP contribution in [0.1, 0.15) is 12.0 Å². The first-order valence-corrected chi connectivity index (χ1v) is 7.76. The summed E-state index contributed by atoms with van der Waals surface area (Å²) in [5, 5.41) is 23.6. The zero-order chi connectivity index (χ0) is 16.4. The van der Waals surface area contributed by atoms with Crippen LogP contribution in [0.15, 0.2) is 36.5 Å². The number of aliphatic carboxylic acids is 1. The summed E-state index contributed by atoms with van der Waals surface area (Å²) in [6.07, 6.45) is 1.70. The van der Waals surface area contributed by atoms with Gasteiger partial charge >= 0.3 is 5.97 Å². The first kappa shape index (κ1) is 15.7. The highest BCUT2D eigenvalue weighted by molar-refractivity contribution is 5.71. The highest BCUT2D eigenvalue weighted by atomic mass is 16.4. The Balaban J connectivity index is 1.80. The number of aliphatic hydroxyl groups excluding tert-OH is 1. The summed E-state index contributed by atoms with van der Waals surface area (Å²) in [7, 11) is 1.88. The van der Waals surface area contributed by atoms with Crippen molar-refractivity contribution in [1.82, 2.24) is 14.7 Å². The Morgan fingerprint density at radius 1 is 1.35 bits per heavy atom. The highest BCUT2D eigenvalue weighted by Crippen LogP contribution is 2.25. The molecule has 1 aliphatic rings. The average molecular weight is 315 g/mol. The molecule has 6 nitrogen and oxygen atoms in total. The van der Waals surface area contributed by atoms with E-state index < -0.39 is 18.0 Å². The Bertz CT molecular complexity index is 684. The van der Waals surface area contributed by atoms with Gasteiger partial charge < -0.3 is 10.2 Å². The fourth-order valence-electron chi connectivity index (χ4n) is 3.13. The smallest absolute Gasteiger partial charge is 0.310 e. The third-order valence-electron chi connectivity index (χ3n) is 4.32. The Kier molecular flexibility index (Phi) is 4.45. The molecule has 122 valence electrons. The van der Waals surface area contributed by atoms with Gasteiger partial charge in [-0.05, 0) is 6.42 Å². The number of carbonyl (C=O) groups is 1. The summed E-state index contributed by atoms with van der Waals surface area (Å²) in [4.78, 5) is 13.3. The van der Waals surface area contributed by atoms with Crippen molar-refractivity contribution in [3.63, 3.8) is 0 Å². The number of rotatable bonds is 4. The van der Waals surface area contributed by atoms with Crippen LogP contribution >= 0.6 is 0 Å². The van der Waals surface area contributed by atoms with Crippen molar-refractivity contribution in [2.75, 3.05) is 13.1 Å². The molecule has 2 atom stereocenters. The molecule has 2 aromatic rings. The summed E-state index contributed by atoms with van der Waals surface area (Å²) in [6, 6.07) is 9.96. The number of benzene rings is 1. The van der Waals surface area contributed by atoms with Gasteiger partial charge in [0, 0.05) is 44.0 Å². The van der Waals surface area contributed by atoms with Gasteiger partial charge in [0.2, 0.25) is 0 Å². The summed E-state index contributed by atoms with van der Waals surface area (Å²) < 4.78 is 1.78. The molecule has 0 amide bonds. The fraction of sp³-hybridized carbons (Fsp3) is 0.412. The average Bonchev–Trinajstić information content (AvgIpc) is 2.90. The lowest BCUT2D eigenvalue weighted by molar-refractivity contribution is -0.149. The van der Waals surface area contributed by atoms with E-state index >= 15 is 0 Å². The standard InChI is InChI=1S/C17H21N3O3/c1-19-9-13(16(18-19)12-5-3-2-4-6-12)10-20-8-7-15(21)14(11-20)17(22)23/h2-6,9,14-15,21H,7-8,10-11H2,1H3,(H,22,23)/t14-,15+/m1/s1. The maximum Gasteiger partial charge on any atom is 0.310 e. The number of piperidine rings is 1. The molecule has 0 bridgehead atoms. The van der Waals surface area contributed by atoms with Crippen molar-refractivity contribution in [2.45, 2.75) is 19.1 Å². The second-order valence-electron chi connectivity index (χ2n) is 6.08. The molecule has 0 unspecified atom stereocenters. The molecule has 1 aliphatic heterocycles. The third-order valence-corrected chi connectivity index (χ3v) is 4.32. The van der Waals surface area contributed by atoms with E-state index in [0.717, 1.165) is 16.8 Å². The van der Waals surface area contributed by atoms with Crippen molar-refractivity contribution in [1.29, 1.82) is 0 Å². The Morgan fingerprint density at radius 3 is 2.78 bits per heavy atom. The summed E-state index contributed by atoms with van der Waals surface area (Å²) >= 11 is 0. The lowest BCUT2D eigenvalue weighted by Gasteiger charge is -2.33. The van der Waals surface area contributed by atoms with Gasteiger partial charge in [-0.25, -0.2) is 0 Å². The van der Waals surface area contributed by atoms with Crippen LogP contribution in [0.2, 0.25) is 0 Å². The quantitative estimate of drug-likeness (QED) is 0.890. The highest BCUT2D eigenvalue weighted by Gasteiger charge is 2.33. The lowest BCUT2D eigenvalue weighted by atomic mass is 9.94. The predicted octanol–water partition coefficient (Wildman–Crippen LogP) is 1.35. The van der Waals surface area contributed by atoms with Gasteiger partial charge in [0.05, 0.1) is 17.7 Å². The molecule has 1 fully saturated rings. The lowest BCUT2D eigenvalue weighted by Crippen LogP contribution is -2.46. The number of aryl methyl sites for hydroxylation is 1. The van der Waals surface area contributed by atoms with Gasteiger partial charge in [0.25, 0.3) is 0 Å². The summed E-state index contributed by atoms with van der Waals surface area (Å²) in [5.74, 6) is -1.66. The topological polar surface area (TPSA) is 78.6 Å². The zero-order valence-electron chi connectivity index (χ0n) is 13.1. The molecule has 1 aromatic carbocycles. The molecule has 0 radical (unpaired) electrons. The minimum absolute atomic E-state index is 0.361. The molecule has 6 heteroatoms. The number of likely N-dealkylation sites (tertiary alicyclic amines) is 1. The predicted molar refractivity (Wildman–Crippen MR) is 85.7 cm³/mol. The Hall–Kier alpha value is -2.18. The first-order valence-electron chi connectivity index (χ1n) is 7.76. The van der Waals surface area contributed by atoms with Crippen molar-refractivity contribution in [3.8, 4) is 11.3 Å². The third kappa shape index (κ3) is 3.43. The number of aliphatic hydroxyl groups is 1. The van der Waals surface area contributed by atoms with E-state index in [2.05, 4.69) is 10.00 Å². The normalized spacial score (nSPS) is 22.2. The zero-order valence-corrected chi connectivity index (χ0v) is 13.1. The van der Waals surface area contributed by atoms with E-state index in [4.69, 9.17) is 0 Å². The van der Waals surface area contributed by atoms with E-state index in [1.54, 1.807) is 4.68 Å². The van der Waals surface area contributed by atoms with Crippen LogP contribution in [0.3, 0.4) is 0 Å². The molecule has 1 aromatic heterocycles. The number of aromatic nitrogens is 2. The van der Waals surface area contributed by atoms with Gasteiger partial charge in [-0.15, -0.1) is 0 Å². The van der Waals surface area contributed by atoms with Gasteiger partial charge in [0.15, 0.2) is 0 Å². The Morgan fingerprint density at radius 2 is 2.09 bits per heavy atom. The van der Waals surface area contributed by atoms with Gasteiger partial charge in [0.1, 0.15) is 0 Å². The monoisotopic (exact) mass is 315 g/mol. The molecule has 2 heterocycles. The van der Waals surface area contributed by atoms with Crippen LogP contribution in [0.5, 0.6) is 0 Å². The van der Waals surface area contributed by atoms with Crippen molar-refractivity contribution in [3.05, 3.63) is 42.1 Å². The van der Waals surface area contributed by atoms with E-state index in [-0.39, 0.29) is 0 Å². The van der Waals surface area contributed by atoms with Gasteiger partial charge in [-0.2, -0.15) is 5.10 Å². The molecular weight excluding hydrogens is 294 g/mol. The molecule has 3 rings (SSSR count). The maximum absolute atomic E-state index is 11.3. The van der Waals surface area contributed by atoms with E-state index in [1.165, 1.54) is 0 Å². The second-order valence-corrected chi connectivity index (χ2v) is 6.08. The fourth-order valence-corrected chi connectivity index (χ4v) is 3.13. The van der Waals surface area contributed by atoms with Gasteiger partial charge in [-0.1, -0.05) is 30.3 Å². The van der Waals surface area contributed by atoms with Crippen LogP contribution in [0.25, 0.3) is 11.3 Å². The number of nitrogens with zero attached hydrogens (tertiary/aromatic N) is 3. The number of carboxylic acids is 1. The van der Waals surface area contributed by atoms with E-state index in [9.17, 15) is 15.0 Å². The number of hydrogen-bond donors (Lipinski definition) is 2. The van der Waals surface area contributed by atoms with Crippen LogP contribution < -0.4 is 0 Å². The molecule has 1 saturated heterocycles. The van der Waals surface area contributed by atoms with Gasteiger partial charge in [-0.3, -0.25) is 14.4 Å². The molecular formula is C17H21N3O3. The molecule has 0 spiro atoms. The van der Waals surface area contributed by atoms with Crippen molar-refractivity contribution in [2.24, 2.45) is 13.0 Å². The van der Waals surface area contributed by atoms with E-state index in [1.807, 2.05) is 43.6 Å². The number of carboxylic acid groups (broad SMARTS) is 1. The molecule has 2 N–H and O–H groups in total. The van der Waals surface area contributed by atoms with Crippen LogP contribution in [0, 0.1) is 5.92 Å². The largest absolute Gasteiger partial charge is 0.481 e. The van der Waals surface area contributed by atoms with Crippen molar-refractivity contribution < 1.29 is 15.0 Å². The van der Waals surface area contributed by atoms with E-state index in [0.29, 0.717) is 26.1 Å². The maximum atomic E-state index is 11.3. The van der Waals surface area contributed by atoms with Crippen molar-refractivity contribution >= 4 is 5.97 Å². The molecule has 0 aliphatic carbocycles. The summed E-state index contributed by atoms with van der Waals surface area (Å²) in [6.45, 7) is 1.68. The second kappa shape index (κ2) is 6.52. The molecule has 23 heavy (non-hydrogen) atoms. The molecule has 0 saturated carbocycles. The minimum atomic E-state index is -0.934. The number of hydrogen-bond acceptors (Lipinski definition) is 4. The van der Waals surface area contributed by atoms with Crippen LogP contribution in [0.4, 0.5) is 0 Å². The summed E-state index contributed by atoms with van der Waals surface area (Å²) in [5.41, 5.74) is 3.04. The SMILES string of the molecule is Cn1cc(CN2CC[C@H](O)[C@H](C(=O)O)C2)c(-c2ccccc2)n1. The Labute approximate surface area is 135 Å².